The van der Waals surface area contributed by atoms with Gasteiger partial charge in [0.05, 0.1) is 6.04 Å². The Kier molecular flexibility index (Phi) is 2.32. The Morgan fingerprint density at radius 3 is 3.15 bits per heavy atom. The van der Waals surface area contributed by atoms with E-state index in [9.17, 15) is 0 Å². The fourth-order valence-corrected chi connectivity index (χ4v) is 2.69. The fourth-order valence-electron chi connectivity index (χ4n) is 2.69. The van der Waals surface area contributed by atoms with Crippen LogP contribution in [-0.2, 0) is 6.42 Å². The SMILES string of the molecule is Nc1ccc2c(c1)CCC2Nc1ccc2nnnn2n1. The molecule has 1 atom stereocenters. The van der Waals surface area contributed by atoms with Gasteiger partial charge >= 0.3 is 0 Å². The molecule has 1 unspecified atom stereocenters. The van der Waals surface area contributed by atoms with E-state index in [0.717, 1.165) is 24.3 Å². The fraction of sp³-hybridized carbons (Fsp3) is 0.231. The Morgan fingerprint density at radius 2 is 2.20 bits per heavy atom. The second-order valence-electron chi connectivity index (χ2n) is 4.94. The Balaban J connectivity index is 1.64. The van der Waals surface area contributed by atoms with Gasteiger partial charge in [-0.3, -0.25) is 0 Å². The number of rotatable bonds is 2. The molecule has 1 aliphatic rings. The number of aryl methyl sites for hydroxylation is 1. The van der Waals surface area contributed by atoms with Crippen LogP contribution in [0.2, 0.25) is 0 Å². The lowest BCUT2D eigenvalue weighted by molar-refractivity contribution is 0.713. The Morgan fingerprint density at radius 1 is 1.25 bits per heavy atom. The Hall–Kier alpha value is -2.70. The lowest BCUT2D eigenvalue weighted by Gasteiger charge is -2.14. The molecule has 0 aliphatic heterocycles. The van der Waals surface area contributed by atoms with Gasteiger partial charge in [0.15, 0.2) is 5.65 Å². The average Bonchev–Trinajstić information content (AvgIpc) is 3.05. The molecule has 20 heavy (non-hydrogen) atoms. The zero-order valence-electron chi connectivity index (χ0n) is 10.7. The van der Waals surface area contributed by atoms with Crippen LogP contribution < -0.4 is 11.1 Å². The lowest BCUT2D eigenvalue weighted by Crippen LogP contribution is -2.10. The maximum atomic E-state index is 5.82. The van der Waals surface area contributed by atoms with Gasteiger partial charge in [-0.1, -0.05) is 6.07 Å². The summed E-state index contributed by atoms with van der Waals surface area (Å²) < 4.78 is 1.42. The topological polar surface area (TPSA) is 94.0 Å². The lowest BCUT2D eigenvalue weighted by atomic mass is 10.1. The molecule has 0 saturated heterocycles. The quantitative estimate of drug-likeness (QED) is 0.678. The van der Waals surface area contributed by atoms with E-state index in [2.05, 4.69) is 38.1 Å². The first-order chi connectivity index (χ1) is 9.79. The van der Waals surface area contributed by atoms with E-state index in [1.807, 2.05) is 18.2 Å². The highest BCUT2D eigenvalue weighted by molar-refractivity contribution is 5.51. The van der Waals surface area contributed by atoms with Gasteiger partial charge in [-0.2, -0.15) is 0 Å². The van der Waals surface area contributed by atoms with Crippen molar-refractivity contribution >= 4 is 17.2 Å². The van der Waals surface area contributed by atoms with Crippen LogP contribution in [0, 0.1) is 0 Å². The maximum Gasteiger partial charge on any atom is 0.200 e. The van der Waals surface area contributed by atoms with Crippen molar-refractivity contribution in [2.45, 2.75) is 18.9 Å². The highest BCUT2D eigenvalue weighted by atomic mass is 15.6. The Labute approximate surface area is 114 Å². The smallest absolute Gasteiger partial charge is 0.200 e. The number of nitrogens with one attached hydrogen (secondary N) is 1. The number of fused-ring (bicyclic) bond motifs is 2. The molecule has 3 N–H and O–H groups in total. The van der Waals surface area contributed by atoms with Crippen LogP contribution >= 0.6 is 0 Å². The third kappa shape index (κ3) is 1.75. The maximum absolute atomic E-state index is 5.82. The van der Waals surface area contributed by atoms with E-state index in [1.165, 1.54) is 15.8 Å². The van der Waals surface area contributed by atoms with Crippen LogP contribution in [-0.4, -0.2) is 25.3 Å². The number of nitrogens with zero attached hydrogens (tertiary/aromatic N) is 5. The van der Waals surface area contributed by atoms with Crippen LogP contribution in [0.15, 0.2) is 30.3 Å². The minimum Gasteiger partial charge on any atom is -0.399 e. The number of hydrogen-bond donors (Lipinski definition) is 2. The van der Waals surface area contributed by atoms with E-state index in [4.69, 9.17) is 5.73 Å². The van der Waals surface area contributed by atoms with E-state index in [0.29, 0.717) is 5.65 Å². The molecule has 7 heteroatoms. The summed E-state index contributed by atoms with van der Waals surface area (Å²) in [4.78, 5) is 0. The molecule has 0 radical (unpaired) electrons. The van der Waals surface area contributed by atoms with Crippen molar-refractivity contribution in [3.63, 3.8) is 0 Å². The molecule has 7 nitrogen and oxygen atoms in total. The number of anilines is 2. The van der Waals surface area contributed by atoms with Crippen LogP contribution in [0.1, 0.15) is 23.6 Å². The van der Waals surface area contributed by atoms with E-state index < -0.39 is 0 Å². The summed E-state index contributed by atoms with van der Waals surface area (Å²) in [5.74, 6) is 0.763. The van der Waals surface area contributed by atoms with Gasteiger partial charge in [-0.05, 0) is 58.7 Å². The minimum atomic E-state index is 0.257. The monoisotopic (exact) mass is 267 g/mol. The van der Waals surface area contributed by atoms with Gasteiger partial charge in [-0.15, -0.1) is 14.8 Å². The van der Waals surface area contributed by atoms with Crippen molar-refractivity contribution in [3.8, 4) is 0 Å². The molecule has 2 aromatic heterocycles. The first-order valence-corrected chi connectivity index (χ1v) is 6.50. The second kappa shape index (κ2) is 4.16. The van der Waals surface area contributed by atoms with Crippen LogP contribution in [0.3, 0.4) is 0 Å². The average molecular weight is 267 g/mol. The summed E-state index contributed by atoms with van der Waals surface area (Å²) in [6.07, 6.45) is 2.07. The number of aromatic nitrogens is 5. The third-order valence-corrected chi connectivity index (χ3v) is 3.64. The molecular formula is C13H13N7. The summed E-state index contributed by atoms with van der Waals surface area (Å²) in [6.45, 7) is 0. The van der Waals surface area contributed by atoms with Gasteiger partial charge in [0.2, 0.25) is 0 Å². The predicted octanol–water partition coefficient (Wildman–Crippen LogP) is 1.20. The molecule has 0 saturated carbocycles. The number of nitrogens with two attached hydrogens (primary N) is 1. The minimum absolute atomic E-state index is 0.257. The zero-order chi connectivity index (χ0) is 13.5. The van der Waals surface area contributed by atoms with E-state index in [-0.39, 0.29) is 6.04 Å². The molecule has 1 aromatic carbocycles. The molecule has 0 spiro atoms. The van der Waals surface area contributed by atoms with Crippen molar-refractivity contribution in [3.05, 3.63) is 41.5 Å². The molecular weight excluding hydrogens is 254 g/mol. The normalized spacial score (nSPS) is 17.3. The first-order valence-electron chi connectivity index (χ1n) is 6.50. The standard InChI is InChI=1S/C13H13N7/c14-9-2-3-10-8(7-9)1-4-11(10)15-12-5-6-13-16-18-19-20(13)17-12/h2-3,5-7,11H,1,4,14H2,(H,15,17). The van der Waals surface area contributed by atoms with Gasteiger partial charge in [0, 0.05) is 5.69 Å². The van der Waals surface area contributed by atoms with Crippen LogP contribution in [0.5, 0.6) is 0 Å². The number of nitrogen functional groups attached to an aromatic ring is 1. The molecule has 0 bridgehead atoms. The number of hydrogen-bond acceptors (Lipinski definition) is 6. The van der Waals surface area contributed by atoms with E-state index >= 15 is 0 Å². The number of tetrazole rings is 1. The molecule has 3 aromatic rings. The van der Waals surface area contributed by atoms with Crippen molar-refractivity contribution in [1.82, 2.24) is 25.3 Å². The summed E-state index contributed by atoms with van der Waals surface area (Å²) in [5.41, 5.74) is 9.87. The van der Waals surface area contributed by atoms with E-state index in [1.54, 1.807) is 0 Å². The van der Waals surface area contributed by atoms with Crippen molar-refractivity contribution in [2.24, 2.45) is 0 Å². The first kappa shape index (κ1) is 11.2. The van der Waals surface area contributed by atoms with Crippen LogP contribution in [0.25, 0.3) is 5.65 Å². The van der Waals surface area contributed by atoms with Crippen molar-refractivity contribution in [2.75, 3.05) is 11.1 Å². The second-order valence-corrected chi connectivity index (χ2v) is 4.94. The molecule has 100 valence electrons. The summed E-state index contributed by atoms with van der Waals surface area (Å²) in [7, 11) is 0. The molecule has 2 heterocycles. The van der Waals surface area contributed by atoms with Crippen LogP contribution in [0.4, 0.5) is 11.5 Å². The summed E-state index contributed by atoms with van der Waals surface area (Å²) in [6, 6.07) is 10.1. The van der Waals surface area contributed by atoms with Gasteiger partial charge in [0.1, 0.15) is 5.82 Å². The van der Waals surface area contributed by atoms with Gasteiger partial charge < -0.3 is 11.1 Å². The highest BCUT2D eigenvalue weighted by Crippen LogP contribution is 2.34. The summed E-state index contributed by atoms with van der Waals surface area (Å²) in [5, 5.41) is 19.0. The summed E-state index contributed by atoms with van der Waals surface area (Å²) >= 11 is 0. The van der Waals surface area contributed by atoms with Crippen molar-refractivity contribution < 1.29 is 0 Å². The Bertz CT molecular complexity index is 779. The molecule has 1 aliphatic carbocycles. The predicted molar refractivity (Wildman–Crippen MR) is 74.1 cm³/mol. The number of benzene rings is 1. The highest BCUT2D eigenvalue weighted by Gasteiger charge is 2.22. The molecule has 4 rings (SSSR count). The van der Waals surface area contributed by atoms with Gasteiger partial charge in [-0.25, -0.2) is 0 Å². The third-order valence-electron chi connectivity index (χ3n) is 3.64. The van der Waals surface area contributed by atoms with Gasteiger partial charge in [0.25, 0.3) is 0 Å². The van der Waals surface area contributed by atoms with Crippen molar-refractivity contribution in [1.29, 1.82) is 0 Å². The largest absolute Gasteiger partial charge is 0.399 e. The molecule has 0 fully saturated rings. The molecule has 0 amide bonds. The zero-order valence-corrected chi connectivity index (χ0v) is 10.7.